The lowest BCUT2D eigenvalue weighted by Gasteiger charge is -2.12. The zero-order valence-electron chi connectivity index (χ0n) is 17.1. The molecule has 1 atom stereocenters. The lowest BCUT2D eigenvalue weighted by Crippen LogP contribution is -2.18. The minimum Gasteiger partial charge on any atom is -0.464 e. The van der Waals surface area contributed by atoms with Crippen LogP contribution in [0.1, 0.15) is 52.4 Å². The molecule has 3 aromatic heterocycles. The minimum absolute atomic E-state index is 0.111. The number of H-pyrrole nitrogens is 1. The number of rotatable bonds is 4. The van der Waals surface area contributed by atoms with Crippen molar-refractivity contribution in [2.45, 2.75) is 52.6 Å². The van der Waals surface area contributed by atoms with Gasteiger partial charge >= 0.3 is 5.97 Å². The largest absolute Gasteiger partial charge is 0.464 e. The molecule has 3 heterocycles. The molecule has 1 aliphatic rings. The third-order valence-corrected chi connectivity index (χ3v) is 7.05. The predicted octanol–water partition coefficient (Wildman–Crippen LogP) is 4.68. The summed E-state index contributed by atoms with van der Waals surface area (Å²) in [5.41, 5.74) is 5.05. The third-order valence-electron chi connectivity index (χ3n) is 5.95. The number of benzene rings is 1. The molecule has 1 aromatic carbocycles. The Bertz CT molecular complexity index is 1360. The van der Waals surface area contributed by atoms with E-state index in [1.54, 1.807) is 13.2 Å². The molecule has 4 aromatic rings. The standard InChI is InChI=1S/C23H22N2O4S/c1-11-13(3)30-23-20(11)22(27)24-21(25-23)12(2)29-19(26)9-16-10-28-18-8-15-6-4-5-14(15)7-17(16)18/h7-8,10,12H,4-6,9H2,1-3H3,(H,24,25,27)/t12-/m1/s1. The molecular weight excluding hydrogens is 400 g/mol. The Hall–Kier alpha value is -2.93. The van der Waals surface area contributed by atoms with Gasteiger partial charge < -0.3 is 14.1 Å². The molecule has 5 rings (SSSR count). The van der Waals surface area contributed by atoms with Gasteiger partial charge in [-0.15, -0.1) is 11.3 Å². The number of hydrogen-bond acceptors (Lipinski definition) is 6. The number of carbonyl (C=O) groups is 1. The highest BCUT2D eigenvalue weighted by Crippen LogP contribution is 2.31. The van der Waals surface area contributed by atoms with Crippen molar-refractivity contribution >= 4 is 38.5 Å². The molecule has 154 valence electrons. The van der Waals surface area contributed by atoms with E-state index in [2.05, 4.69) is 22.1 Å². The van der Waals surface area contributed by atoms with Crippen molar-refractivity contribution in [2.24, 2.45) is 0 Å². The van der Waals surface area contributed by atoms with Gasteiger partial charge in [0.2, 0.25) is 0 Å². The average molecular weight is 423 g/mol. The first kappa shape index (κ1) is 19.1. The molecule has 0 amide bonds. The van der Waals surface area contributed by atoms with Gasteiger partial charge in [0.05, 0.1) is 18.1 Å². The van der Waals surface area contributed by atoms with Crippen molar-refractivity contribution in [1.29, 1.82) is 0 Å². The number of aromatic amines is 1. The fourth-order valence-corrected chi connectivity index (χ4v) is 5.24. The van der Waals surface area contributed by atoms with Crippen LogP contribution in [0.3, 0.4) is 0 Å². The van der Waals surface area contributed by atoms with Crippen LogP contribution in [0.25, 0.3) is 21.2 Å². The molecular formula is C23H22N2O4S. The molecule has 6 nitrogen and oxygen atoms in total. The number of ether oxygens (including phenoxy) is 1. The summed E-state index contributed by atoms with van der Waals surface area (Å²) < 4.78 is 11.3. The van der Waals surface area contributed by atoms with E-state index in [1.165, 1.54) is 22.5 Å². The van der Waals surface area contributed by atoms with Gasteiger partial charge in [-0.3, -0.25) is 9.59 Å². The Balaban J connectivity index is 1.36. The summed E-state index contributed by atoms with van der Waals surface area (Å²) in [6.07, 6.45) is 4.41. The number of furan rings is 1. The maximum atomic E-state index is 12.6. The Morgan fingerprint density at radius 1 is 1.30 bits per heavy atom. The van der Waals surface area contributed by atoms with Crippen LogP contribution in [0.4, 0.5) is 0 Å². The molecule has 0 bridgehead atoms. The zero-order chi connectivity index (χ0) is 21.0. The van der Waals surface area contributed by atoms with Crippen molar-refractivity contribution in [2.75, 3.05) is 0 Å². The van der Waals surface area contributed by atoms with Gasteiger partial charge in [0, 0.05) is 15.8 Å². The summed E-state index contributed by atoms with van der Waals surface area (Å²) in [6, 6.07) is 4.23. The number of nitrogens with zero attached hydrogens (tertiary/aromatic N) is 1. The topological polar surface area (TPSA) is 85.2 Å². The van der Waals surface area contributed by atoms with Gasteiger partial charge in [0.1, 0.15) is 10.4 Å². The van der Waals surface area contributed by atoms with Crippen LogP contribution in [0.2, 0.25) is 0 Å². The highest BCUT2D eigenvalue weighted by Gasteiger charge is 2.21. The van der Waals surface area contributed by atoms with Crippen molar-refractivity contribution in [3.63, 3.8) is 0 Å². The number of aromatic nitrogens is 2. The Kier molecular flexibility index (Phi) is 4.50. The van der Waals surface area contributed by atoms with Crippen LogP contribution in [-0.4, -0.2) is 15.9 Å². The number of aryl methyl sites for hydroxylation is 4. The van der Waals surface area contributed by atoms with Crippen molar-refractivity contribution in [3.05, 3.63) is 61.7 Å². The van der Waals surface area contributed by atoms with Crippen LogP contribution in [-0.2, 0) is 28.8 Å². The van der Waals surface area contributed by atoms with Crippen LogP contribution < -0.4 is 5.56 Å². The molecule has 0 aliphatic heterocycles. The number of fused-ring (bicyclic) bond motifs is 3. The summed E-state index contributed by atoms with van der Waals surface area (Å²) in [6.45, 7) is 5.60. The first-order valence-corrected chi connectivity index (χ1v) is 10.9. The summed E-state index contributed by atoms with van der Waals surface area (Å²) in [5, 5.41) is 1.58. The van der Waals surface area contributed by atoms with Gasteiger partial charge in [0.15, 0.2) is 11.9 Å². The van der Waals surface area contributed by atoms with E-state index in [1.807, 2.05) is 13.8 Å². The van der Waals surface area contributed by atoms with E-state index < -0.39 is 6.10 Å². The number of carbonyl (C=O) groups excluding carboxylic acids is 1. The Labute approximate surface area is 176 Å². The maximum absolute atomic E-state index is 12.6. The average Bonchev–Trinajstić information content (AvgIpc) is 3.38. The molecule has 0 saturated heterocycles. The molecule has 0 fully saturated rings. The molecule has 0 radical (unpaired) electrons. The van der Waals surface area contributed by atoms with Crippen LogP contribution in [0.15, 0.2) is 27.6 Å². The van der Waals surface area contributed by atoms with E-state index >= 15 is 0 Å². The molecule has 7 heteroatoms. The number of nitrogens with one attached hydrogen (secondary N) is 1. The molecule has 0 saturated carbocycles. The highest BCUT2D eigenvalue weighted by atomic mass is 32.1. The van der Waals surface area contributed by atoms with E-state index in [9.17, 15) is 9.59 Å². The Morgan fingerprint density at radius 2 is 2.07 bits per heavy atom. The van der Waals surface area contributed by atoms with Crippen LogP contribution >= 0.6 is 11.3 Å². The second kappa shape index (κ2) is 7.09. The lowest BCUT2D eigenvalue weighted by atomic mass is 10.0. The van der Waals surface area contributed by atoms with E-state index in [4.69, 9.17) is 9.15 Å². The van der Waals surface area contributed by atoms with Crippen molar-refractivity contribution in [1.82, 2.24) is 9.97 Å². The number of thiophene rings is 1. The van der Waals surface area contributed by atoms with Gasteiger partial charge in [0.25, 0.3) is 5.56 Å². The zero-order valence-corrected chi connectivity index (χ0v) is 17.9. The van der Waals surface area contributed by atoms with Crippen molar-refractivity contribution < 1.29 is 13.9 Å². The quantitative estimate of drug-likeness (QED) is 0.483. The SMILES string of the molecule is Cc1sc2nc([C@@H](C)OC(=O)Cc3coc4cc5c(cc34)CCC5)[nH]c(=O)c2c1C. The first-order valence-electron chi connectivity index (χ1n) is 10.1. The number of hydrogen-bond donors (Lipinski definition) is 1. The second-order valence-electron chi connectivity index (χ2n) is 7.96. The van der Waals surface area contributed by atoms with Gasteiger partial charge in [-0.1, -0.05) is 0 Å². The number of esters is 1. The lowest BCUT2D eigenvalue weighted by molar-refractivity contribution is -0.148. The van der Waals surface area contributed by atoms with Crippen LogP contribution in [0, 0.1) is 13.8 Å². The summed E-state index contributed by atoms with van der Waals surface area (Å²) in [5.74, 6) is -0.0241. The normalized spacial score (nSPS) is 14.4. The minimum atomic E-state index is -0.653. The van der Waals surface area contributed by atoms with Crippen molar-refractivity contribution in [3.8, 4) is 0 Å². The van der Waals surface area contributed by atoms with Gasteiger partial charge in [-0.2, -0.15) is 0 Å². The smallest absolute Gasteiger partial charge is 0.311 e. The second-order valence-corrected chi connectivity index (χ2v) is 9.16. The van der Waals surface area contributed by atoms with E-state index in [0.29, 0.717) is 16.0 Å². The fraction of sp³-hybridized carbons (Fsp3) is 0.348. The molecule has 30 heavy (non-hydrogen) atoms. The van der Waals surface area contributed by atoms with E-state index in [-0.39, 0.29) is 17.9 Å². The molecule has 0 spiro atoms. The maximum Gasteiger partial charge on any atom is 0.311 e. The summed E-state index contributed by atoms with van der Waals surface area (Å²) in [4.78, 5) is 34.1. The third kappa shape index (κ3) is 3.13. The molecule has 1 aliphatic carbocycles. The summed E-state index contributed by atoms with van der Waals surface area (Å²) >= 11 is 1.47. The first-order chi connectivity index (χ1) is 14.4. The fourth-order valence-electron chi connectivity index (χ4n) is 4.20. The Morgan fingerprint density at radius 3 is 2.87 bits per heavy atom. The van der Waals surface area contributed by atoms with E-state index in [0.717, 1.165) is 46.2 Å². The van der Waals surface area contributed by atoms with Gasteiger partial charge in [-0.25, -0.2) is 4.98 Å². The van der Waals surface area contributed by atoms with Crippen LogP contribution in [0.5, 0.6) is 0 Å². The summed E-state index contributed by atoms with van der Waals surface area (Å²) in [7, 11) is 0. The highest BCUT2D eigenvalue weighted by molar-refractivity contribution is 7.18. The molecule has 1 N–H and O–H groups in total. The monoisotopic (exact) mass is 422 g/mol. The predicted molar refractivity (Wildman–Crippen MR) is 116 cm³/mol. The van der Waals surface area contributed by atoms with Gasteiger partial charge in [-0.05, 0) is 68.9 Å². The molecule has 0 unspecified atom stereocenters.